The van der Waals surface area contributed by atoms with E-state index in [1.165, 1.54) is 18.2 Å². The van der Waals surface area contributed by atoms with E-state index >= 15 is 0 Å². The van der Waals surface area contributed by atoms with Gasteiger partial charge in [0, 0.05) is 18.8 Å². The standard InChI is InChI=1S/C17H16N4O4S/c1-21-15(12-6-3-2-4-7-12)11-16(20-21)19-17(22)18-13-8-5-9-14(10-13)26(23,24)25/h2-11H,1H3,(H,23,24,25)(H2,18,19,20,22). The molecular weight excluding hydrogens is 356 g/mol. The van der Waals surface area contributed by atoms with Crippen molar-refractivity contribution >= 4 is 27.7 Å². The molecule has 8 nitrogen and oxygen atoms in total. The Morgan fingerprint density at radius 1 is 1.04 bits per heavy atom. The summed E-state index contributed by atoms with van der Waals surface area (Å²) in [7, 11) is -2.58. The first-order chi connectivity index (χ1) is 12.3. The molecule has 0 bridgehead atoms. The number of hydrogen-bond donors (Lipinski definition) is 3. The van der Waals surface area contributed by atoms with Gasteiger partial charge in [-0.15, -0.1) is 0 Å². The van der Waals surface area contributed by atoms with Crippen LogP contribution in [0.15, 0.2) is 65.6 Å². The van der Waals surface area contributed by atoms with Crippen LogP contribution in [0.3, 0.4) is 0 Å². The fourth-order valence-electron chi connectivity index (χ4n) is 2.42. The summed E-state index contributed by atoms with van der Waals surface area (Å²) < 4.78 is 33.0. The lowest BCUT2D eigenvalue weighted by molar-refractivity contribution is 0.262. The maximum Gasteiger partial charge on any atom is 0.324 e. The summed E-state index contributed by atoms with van der Waals surface area (Å²) in [6, 6.07) is 16.0. The molecule has 0 aliphatic heterocycles. The highest BCUT2D eigenvalue weighted by molar-refractivity contribution is 7.85. The van der Waals surface area contributed by atoms with Gasteiger partial charge in [0.25, 0.3) is 10.1 Å². The summed E-state index contributed by atoms with van der Waals surface area (Å²) in [5.74, 6) is 0.342. The molecular formula is C17H16N4O4S. The van der Waals surface area contributed by atoms with Crippen LogP contribution in [-0.4, -0.2) is 28.8 Å². The third kappa shape index (κ3) is 4.08. The molecule has 9 heteroatoms. The lowest BCUT2D eigenvalue weighted by Gasteiger charge is -2.06. The SMILES string of the molecule is Cn1nc(NC(=O)Nc2cccc(S(=O)(=O)O)c2)cc1-c1ccccc1. The molecule has 0 aliphatic carbocycles. The quantitative estimate of drug-likeness (QED) is 0.609. The van der Waals surface area contributed by atoms with Gasteiger partial charge in [0.15, 0.2) is 5.82 Å². The van der Waals surface area contributed by atoms with Crippen LogP contribution >= 0.6 is 0 Å². The average molecular weight is 372 g/mol. The van der Waals surface area contributed by atoms with Crippen LogP contribution in [0, 0.1) is 0 Å². The fourth-order valence-corrected chi connectivity index (χ4v) is 2.95. The molecule has 2 amide bonds. The van der Waals surface area contributed by atoms with Crippen molar-refractivity contribution < 1.29 is 17.8 Å². The van der Waals surface area contributed by atoms with E-state index in [4.69, 9.17) is 4.55 Å². The third-order valence-electron chi connectivity index (χ3n) is 3.58. The van der Waals surface area contributed by atoms with Crippen molar-refractivity contribution in [3.8, 4) is 11.3 Å². The topological polar surface area (TPSA) is 113 Å². The van der Waals surface area contributed by atoms with E-state index in [2.05, 4.69) is 15.7 Å². The Labute approximate surface area is 150 Å². The highest BCUT2D eigenvalue weighted by Crippen LogP contribution is 2.22. The van der Waals surface area contributed by atoms with Crippen molar-refractivity contribution in [2.75, 3.05) is 10.6 Å². The Morgan fingerprint density at radius 3 is 2.46 bits per heavy atom. The van der Waals surface area contributed by atoms with Crippen LogP contribution < -0.4 is 10.6 Å². The van der Waals surface area contributed by atoms with Gasteiger partial charge in [-0.1, -0.05) is 36.4 Å². The van der Waals surface area contributed by atoms with E-state index in [9.17, 15) is 13.2 Å². The summed E-state index contributed by atoms with van der Waals surface area (Å²) in [6.07, 6.45) is 0. The van der Waals surface area contributed by atoms with Gasteiger partial charge in [-0.3, -0.25) is 14.6 Å². The van der Waals surface area contributed by atoms with Crippen LogP contribution in [-0.2, 0) is 17.2 Å². The zero-order valence-corrected chi connectivity index (χ0v) is 14.6. The minimum atomic E-state index is -4.34. The summed E-state index contributed by atoms with van der Waals surface area (Å²) in [5.41, 5.74) is 2.00. The van der Waals surface area contributed by atoms with Crippen molar-refractivity contribution in [1.29, 1.82) is 0 Å². The Bertz CT molecular complexity index is 1050. The van der Waals surface area contributed by atoms with Gasteiger partial charge >= 0.3 is 6.03 Å². The third-order valence-corrected chi connectivity index (χ3v) is 4.43. The van der Waals surface area contributed by atoms with Gasteiger partial charge in [0.05, 0.1) is 10.6 Å². The van der Waals surface area contributed by atoms with Gasteiger partial charge in [0.2, 0.25) is 0 Å². The molecule has 0 atom stereocenters. The molecule has 1 heterocycles. The van der Waals surface area contributed by atoms with Crippen molar-refractivity contribution in [3.05, 3.63) is 60.7 Å². The maximum absolute atomic E-state index is 12.1. The molecule has 0 saturated carbocycles. The van der Waals surface area contributed by atoms with Crippen molar-refractivity contribution in [1.82, 2.24) is 9.78 Å². The molecule has 0 radical (unpaired) electrons. The summed E-state index contributed by atoms with van der Waals surface area (Å²) >= 11 is 0. The second-order valence-electron chi connectivity index (χ2n) is 5.49. The second kappa shape index (κ2) is 6.98. The van der Waals surface area contributed by atoms with E-state index in [-0.39, 0.29) is 10.6 Å². The highest BCUT2D eigenvalue weighted by atomic mass is 32.2. The molecule has 0 fully saturated rings. The first kappa shape index (κ1) is 17.6. The van der Waals surface area contributed by atoms with Gasteiger partial charge in [-0.25, -0.2) is 4.79 Å². The van der Waals surface area contributed by atoms with Crippen LogP contribution in [0.2, 0.25) is 0 Å². The zero-order chi connectivity index (χ0) is 18.7. The minimum Gasteiger partial charge on any atom is -0.308 e. The molecule has 0 unspecified atom stereocenters. The predicted octanol–water partition coefficient (Wildman–Crippen LogP) is 2.98. The lowest BCUT2D eigenvalue weighted by Crippen LogP contribution is -2.20. The highest BCUT2D eigenvalue weighted by Gasteiger charge is 2.12. The number of carbonyl (C=O) groups excluding carboxylic acids is 1. The van der Waals surface area contributed by atoms with Crippen molar-refractivity contribution in [3.63, 3.8) is 0 Å². The fraction of sp³-hybridized carbons (Fsp3) is 0.0588. The zero-order valence-electron chi connectivity index (χ0n) is 13.7. The Kier molecular flexibility index (Phi) is 4.74. The van der Waals surface area contributed by atoms with Crippen molar-refractivity contribution in [2.24, 2.45) is 7.05 Å². The molecule has 2 aromatic carbocycles. The Morgan fingerprint density at radius 2 is 1.77 bits per heavy atom. The number of amides is 2. The van der Waals surface area contributed by atoms with E-state index in [1.54, 1.807) is 17.8 Å². The number of nitrogens with one attached hydrogen (secondary N) is 2. The van der Waals surface area contributed by atoms with Crippen LogP contribution in [0.25, 0.3) is 11.3 Å². The first-order valence-electron chi connectivity index (χ1n) is 7.58. The molecule has 134 valence electrons. The molecule has 3 aromatic rings. The average Bonchev–Trinajstić information content (AvgIpc) is 2.95. The number of rotatable bonds is 4. The molecule has 26 heavy (non-hydrogen) atoms. The smallest absolute Gasteiger partial charge is 0.308 e. The molecule has 3 rings (SSSR count). The van der Waals surface area contributed by atoms with Crippen molar-refractivity contribution in [2.45, 2.75) is 4.90 Å². The van der Waals surface area contributed by atoms with Gasteiger partial charge in [0.1, 0.15) is 0 Å². The number of benzene rings is 2. The van der Waals surface area contributed by atoms with Crippen LogP contribution in [0.1, 0.15) is 0 Å². The lowest BCUT2D eigenvalue weighted by atomic mass is 10.1. The Balaban J connectivity index is 1.73. The van der Waals surface area contributed by atoms with E-state index in [0.717, 1.165) is 17.3 Å². The number of hydrogen-bond acceptors (Lipinski definition) is 4. The summed E-state index contributed by atoms with van der Waals surface area (Å²) in [5, 5.41) is 9.32. The molecule has 0 aliphatic rings. The molecule has 3 N–H and O–H groups in total. The number of nitrogens with zero attached hydrogens (tertiary/aromatic N) is 2. The van der Waals surface area contributed by atoms with Crippen LogP contribution in [0.5, 0.6) is 0 Å². The summed E-state index contributed by atoms with van der Waals surface area (Å²) in [4.78, 5) is 11.8. The van der Waals surface area contributed by atoms with Crippen LogP contribution in [0.4, 0.5) is 16.3 Å². The number of urea groups is 1. The molecule has 1 aromatic heterocycles. The number of aromatic nitrogens is 2. The number of aryl methyl sites for hydroxylation is 1. The second-order valence-corrected chi connectivity index (χ2v) is 6.91. The molecule has 0 saturated heterocycles. The number of carbonyl (C=O) groups is 1. The van der Waals surface area contributed by atoms with Gasteiger partial charge < -0.3 is 5.32 Å². The van der Waals surface area contributed by atoms with Gasteiger partial charge in [-0.05, 0) is 23.8 Å². The largest absolute Gasteiger partial charge is 0.324 e. The van der Waals surface area contributed by atoms with E-state index in [0.29, 0.717) is 5.82 Å². The van der Waals surface area contributed by atoms with E-state index < -0.39 is 16.1 Å². The monoisotopic (exact) mass is 372 g/mol. The normalized spacial score (nSPS) is 11.2. The minimum absolute atomic E-state index is 0.219. The first-order valence-corrected chi connectivity index (χ1v) is 9.02. The maximum atomic E-state index is 12.1. The molecule has 0 spiro atoms. The Hall–Kier alpha value is -3.17. The van der Waals surface area contributed by atoms with E-state index in [1.807, 2.05) is 30.3 Å². The summed E-state index contributed by atoms with van der Waals surface area (Å²) in [6.45, 7) is 0. The predicted molar refractivity (Wildman–Crippen MR) is 97.5 cm³/mol. The number of anilines is 2. The van der Waals surface area contributed by atoms with Gasteiger partial charge in [-0.2, -0.15) is 13.5 Å².